The smallest absolute Gasteiger partial charge is 0.118 e. The van der Waals surface area contributed by atoms with Crippen molar-refractivity contribution in [3.8, 4) is 5.75 Å². The molecule has 1 unspecified atom stereocenters. The lowest BCUT2D eigenvalue weighted by atomic mass is 10.1. The molecule has 1 aromatic rings. The molecule has 0 saturated heterocycles. The van der Waals surface area contributed by atoms with Gasteiger partial charge in [-0.25, -0.2) is 0 Å². The first kappa shape index (κ1) is 15.0. The Morgan fingerprint density at radius 3 is 2.39 bits per heavy atom. The highest BCUT2D eigenvalue weighted by atomic mass is 16.5. The molecule has 0 heterocycles. The van der Waals surface area contributed by atoms with Gasteiger partial charge in [-0.2, -0.15) is 0 Å². The summed E-state index contributed by atoms with van der Waals surface area (Å²) in [5.74, 6) is 0.793. The van der Waals surface area contributed by atoms with Gasteiger partial charge in [-0.1, -0.05) is 19.1 Å². The van der Waals surface area contributed by atoms with Crippen molar-refractivity contribution in [2.75, 3.05) is 33.4 Å². The van der Waals surface area contributed by atoms with Gasteiger partial charge < -0.3 is 19.8 Å². The number of aliphatic hydroxyl groups is 2. The third-order valence-electron chi connectivity index (χ3n) is 3.08. The monoisotopic (exact) mass is 253 g/mol. The fraction of sp³-hybridized carbons (Fsp3) is 0.571. The van der Waals surface area contributed by atoms with Crippen molar-refractivity contribution in [3.63, 3.8) is 0 Å². The molecule has 2 N–H and O–H groups in total. The normalized spacial score (nSPS) is 12.7. The van der Waals surface area contributed by atoms with Crippen LogP contribution in [0.25, 0.3) is 0 Å². The van der Waals surface area contributed by atoms with E-state index in [1.54, 1.807) is 7.11 Å². The zero-order valence-electron chi connectivity index (χ0n) is 11.2. The summed E-state index contributed by atoms with van der Waals surface area (Å²) in [4.78, 5) is 2.12. The van der Waals surface area contributed by atoms with Crippen molar-refractivity contribution in [1.29, 1.82) is 0 Å². The molecule has 0 saturated carbocycles. The van der Waals surface area contributed by atoms with Crippen molar-refractivity contribution < 1.29 is 14.9 Å². The van der Waals surface area contributed by atoms with Crippen molar-refractivity contribution in [2.45, 2.75) is 19.4 Å². The van der Waals surface area contributed by atoms with Crippen LogP contribution in [0.3, 0.4) is 0 Å². The van der Waals surface area contributed by atoms with Gasteiger partial charge in [-0.3, -0.25) is 0 Å². The number of hydrogen-bond donors (Lipinski definition) is 2. The Hall–Kier alpha value is -1.10. The fourth-order valence-electron chi connectivity index (χ4n) is 1.87. The Kier molecular flexibility index (Phi) is 6.72. The third-order valence-corrected chi connectivity index (χ3v) is 3.08. The van der Waals surface area contributed by atoms with Gasteiger partial charge in [0.25, 0.3) is 0 Å². The van der Waals surface area contributed by atoms with Gasteiger partial charge in [-0.15, -0.1) is 0 Å². The highest BCUT2D eigenvalue weighted by molar-refractivity contribution is 5.28. The molecule has 4 heteroatoms. The minimum atomic E-state index is -0.469. The average Bonchev–Trinajstić information content (AvgIpc) is 2.43. The van der Waals surface area contributed by atoms with Crippen molar-refractivity contribution in [3.05, 3.63) is 29.8 Å². The summed E-state index contributed by atoms with van der Waals surface area (Å²) in [6.45, 7) is 4.54. The van der Waals surface area contributed by atoms with Gasteiger partial charge in [0.2, 0.25) is 0 Å². The molecule has 0 fully saturated rings. The molecular weight excluding hydrogens is 230 g/mol. The molecule has 1 aromatic carbocycles. The Labute approximate surface area is 109 Å². The van der Waals surface area contributed by atoms with E-state index in [1.165, 1.54) is 0 Å². The maximum absolute atomic E-state index is 10.1. The largest absolute Gasteiger partial charge is 0.497 e. The van der Waals surface area contributed by atoms with Crippen molar-refractivity contribution in [2.24, 2.45) is 0 Å². The van der Waals surface area contributed by atoms with E-state index in [2.05, 4.69) is 11.8 Å². The number of methoxy groups -OCH3 is 1. The molecule has 0 bridgehead atoms. The summed E-state index contributed by atoms with van der Waals surface area (Å²) in [6, 6.07) is 7.46. The Morgan fingerprint density at radius 2 is 1.89 bits per heavy atom. The second-order valence-corrected chi connectivity index (χ2v) is 4.24. The first-order chi connectivity index (χ1) is 8.71. The zero-order chi connectivity index (χ0) is 13.4. The molecule has 0 aromatic heterocycles. The van der Waals surface area contributed by atoms with Crippen LogP contribution in [0.1, 0.15) is 25.0 Å². The summed E-state index contributed by atoms with van der Waals surface area (Å²) >= 11 is 0. The van der Waals surface area contributed by atoms with Crippen molar-refractivity contribution >= 4 is 0 Å². The van der Waals surface area contributed by atoms with E-state index >= 15 is 0 Å². The van der Waals surface area contributed by atoms with E-state index in [4.69, 9.17) is 9.84 Å². The molecule has 1 atom stereocenters. The number of nitrogens with zero attached hydrogens (tertiary/aromatic N) is 1. The zero-order valence-corrected chi connectivity index (χ0v) is 11.2. The lowest BCUT2D eigenvalue weighted by molar-refractivity contribution is 0.133. The van der Waals surface area contributed by atoms with Crippen LogP contribution in [0, 0.1) is 0 Å². The number of likely N-dealkylation sites (N-methyl/N-ethyl adjacent to an activating group) is 1. The van der Waals surface area contributed by atoms with Crippen LogP contribution in [0.15, 0.2) is 24.3 Å². The minimum Gasteiger partial charge on any atom is -0.497 e. The second kappa shape index (κ2) is 8.08. The van der Waals surface area contributed by atoms with E-state index in [0.29, 0.717) is 13.0 Å². The van der Waals surface area contributed by atoms with Crippen LogP contribution >= 0.6 is 0 Å². The van der Waals surface area contributed by atoms with Crippen LogP contribution in [0.2, 0.25) is 0 Å². The van der Waals surface area contributed by atoms with E-state index in [9.17, 15) is 5.11 Å². The summed E-state index contributed by atoms with van der Waals surface area (Å²) in [5, 5.41) is 19.0. The Balaban J connectivity index is 2.45. The molecule has 18 heavy (non-hydrogen) atoms. The summed E-state index contributed by atoms with van der Waals surface area (Å²) < 4.78 is 5.08. The molecule has 102 valence electrons. The van der Waals surface area contributed by atoms with Gasteiger partial charge in [0.15, 0.2) is 0 Å². The third kappa shape index (κ3) is 4.64. The van der Waals surface area contributed by atoms with Gasteiger partial charge >= 0.3 is 0 Å². The predicted octanol–water partition coefficient (Wildman–Crippen LogP) is 1.43. The van der Waals surface area contributed by atoms with Gasteiger partial charge in [0.1, 0.15) is 5.75 Å². The average molecular weight is 253 g/mol. The Bertz CT molecular complexity index is 326. The quantitative estimate of drug-likeness (QED) is 0.736. The SMILES string of the molecule is CCN(CCO)CCC(O)c1ccc(OC)cc1. The lowest BCUT2D eigenvalue weighted by Gasteiger charge is -2.21. The summed E-state index contributed by atoms with van der Waals surface area (Å²) in [6.07, 6.45) is 0.198. The lowest BCUT2D eigenvalue weighted by Crippen LogP contribution is -2.28. The highest BCUT2D eigenvalue weighted by Gasteiger charge is 2.10. The summed E-state index contributed by atoms with van der Waals surface area (Å²) in [7, 11) is 1.62. The molecule has 4 nitrogen and oxygen atoms in total. The van der Waals surface area contributed by atoms with Gasteiger partial charge in [0, 0.05) is 13.1 Å². The van der Waals surface area contributed by atoms with Crippen LogP contribution in [-0.2, 0) is 0 Å². The molecule has 0 aliphatic heterocycles. The van der Waals surface area contributed by atoms with Gasteiger partial charge in [-0.05, 0) is 30.7 Å². The van der Waals surface area contributed by atoms with E-state index in [0.717, 1.165) is 24.4 Å². The number of hydrogen-bond acceptors (Lipinski definition) is 4. The fourth-order valence-corrected chi connectivity index (χ4v) is 1.87. The topological polar surface area (TPSA) is 52.9 Å². The minimum absolute atomic E-state index is 0.159. The van der Waals surface area contributed by atoms with E-state index < -0.39 is 6.10 Å². The van der Waals surface area contributed by atoms with Gasteiger partial charge in [0.05, 0.1) is 19.8 Å². The van der Waals surface area contributed by atoms with Crippen molar-refractivity contribution in [1.82, 2.24) is 4.90 Å². The molecule has 0 spiro atoms. The molecule has 0 radical (unpaired) electrons. The van der Waals surface area contributed by atoms with Crippen LogP contribution in [0.4, 0.5) is 0 Å². The Morgan fingerprint density at radius 1 is 1.22 bits per heavy atom. The standard InChI is InChI=1S/C14H23NO3/c1-3-15(10-11-16)9-8-14(17)12-4-6-13(18-2)7-5-12/h4-7,14,16-17H,3,8-11H2,1-2H3. The number of ether oxygens (including phenoxy) is 1. The summed E-state index contributed by atoms with van der Waals surface area (Å²) in [5.41, 5.74) is 0.899. The number of aliphatic hydroxyl groups excluding tert-OH is 2. The van der Waals surface area contributed by atoms with Crippen LogP contribution in [0.5, 0.6) is 5.75 Å². The van der Waals surface area contributed by atoms with Crippen LogP contribution in [-0.4, -0.2) is 48.5 Å². The first-order valence-electron chi connectivity index (χ1n) is 6.36. The number of benzene rings is 1. The number of rotatable bonds is 8. The van der Waals surface area contributed by atoms with E-state index in [1.807, 2.05) is 24.3 Å². The first-order valence-corrected chi connectivity index (χ1v) is 6.36. The predicted molar refractivity (Wildman–Crippen MR) is 71.8 cm³/mol. The second-order valence-electron chi connectivity index (χ2n) is 4.24. The molecule has 0 amide bonds. The molecule has 1 rings (SSSR count). The molecule has 0 aliphatic carbocycles. The van der Waals surface area contributed by atoms with Crippen LogP contribution < -0.4 is 4.74 Å². The molecular formula is C14H23NO3. The maximum Gasteiger partial charge on any atom is 0.118 e. The molecule has 0 aliphatic rings. The highest BCUT2D eigenvalue weighted by Crippen LogP contribution is 2.20. The van der Waals surface area contributed by atoms with E-state index in [-0.39, 0.29) is 6.61 Å². The maximum atomic E-state index is 10.1.